The molecule has 0 aromatic heterocycles. The van der Waals surface area contributed by atoms with Crippen LogP contribution >= 0.6 is 0 Å². The van der Waals surface area contributed by atoms with Crippen LogP contribution in [0.1, 0.15) is 23.6 Å². The molecule has 3 aromatic rings. The van der Waals surface area contributed by atoms with E-state index in [9.17, 15) is 9.18 Å². The number of nitrogens with one attached hydrogen (secondary N) is 3. The third-order valence-corrected chi connectivity index (χ3v) is 4.80. The second-order valence-corrected chi connectivity index (χ2v) is 6.67. The van der Waals surface area contributed by atoms with Crippen LogP contribution in [0.2, 0.25) is 0 Å². The van der Waals surface area contributed by atoms with Crippen LogP contribution in [0.5, 0.6) is 0 Å². The van der Waals surface area contributed by atoms with Gasteiger partial charge < -0.3 is 5.32 Å². The Morgan fingerprint density at radius 3 is 2.73 bits per heavy atom. The van der Waals surface area contributed by atoms with Gasteiger partial charge in [-0.1, -0.05) is 48.5 Å². The normalized spacial score (nSPS) is 19.6. The molecule has 132 valence electrons. The predicted molar refractivity (Wildman–Crippen MR) is 101 cm³/mol. The third kappa shape index (κ3) is 3.19. The number of carbonyl (C=O) groups excluding carboxylic acids is 1. The molecule has 0 spiro atoms. The van der Waals surface area contributed by atoms with Crippen LogP contribution in [-0.2, 0) is 4.79 Å². The molecule has 26 heavy (non-hydrogen) atoms. The summed E-state index contributed by atoms with van der Waals surface area (Å²) in [5.41, 5.74) is 8.40. The maximum atomic E-state index is 14.0. The third-order valence-electron chi connectivity index (χ3n) is 4.80. The van der Waals surface area contributed by atoms with E-state index in [2.05, 4.69) is 40.4 Å². The predicted octanol–water partition coefficient (Wildman–Crippen LogP) is 3.83. The number of amides is 1. The highest BCUT2D eigenvalue weighted by atomic mass is 19.1. The van der Waals surface area contributed by atoms with Crippen LogP contribution in [-0.4, -0.2) is 11.9 Å². The molecule has 1 aliphatic rings. The molecule has 1 amide bonds. The largest absolute Gasteiger partial charge is 0.322 e. The number of hydrazine groups is 1. The van der Waals surface area contributed by atoms with Crippen molar-refractivity contribution in [3.05, 3.63) is 77.6 Å². The molecule has 1 aliphatic heterocycles. The monoisotopic (exact) mass is 349 g/mol. The first-order valence-corrected chi connectivity index (χ1v) is 8.67. The number of rotatable bonds is 3. The van der Waals surface area contributed by atoms with Gasteiger partial charge in [-0.15, -0.1) is 0 Å². The minimum Gasteiger partial charge on any atom is -0.322 e. The highest BCUT2D eigenvalue weighted by Crippen LogP contribution is 2.29. The first-order valence-electron chi connectivity index (χ1n) is 8.67. The molecule has 2 atom stereocenters. The molecule has 1 heterocycles. The van der Waals surface area contributed by atoms with Crippen LogP contribution in [0.25, 0.3) is 10.8 Å². The SMILES string of the molecule is Cc1ccc(NC(=O)C2CC(c3cccc4ccccc34)NN2)c(F)c1. The molecule has 3 N–H and O–H groups in total. The average molecular weight is 349 g/mol. The molecule has 5 heteroatoms. The quantitative estimate of drug-likeness (QED) is 0.673. The van der Waals surface area contributed by atoms with Crippen molar-refractivity contribution in [1.29, 1.82) is 0 Å². The van der Waals surface area contributed by atoms with Gasteiger partial charge in [0.25, 0.3) is 0 Å². The minimum atomic E-state index is -0.431. The van der Waals surface area contributed by atoms with Gasteiger partial charge in [-0.2, -0.15) is 0 Å². The number of hydrogen-bond donors (Lipinski definition) is 3. The van der Waals surface area contributed by atoms with Crippen LogP contribution < -0.4 is 16.2 Å². The smallest absolute Gasteiger partial charge is 0.243 e. The first-order chi connectivity index (χ1) is 12.6. The Balaban J connectivity index is 1.50. The van der Waals surface area contributed by atoms with Gasteiger partial charge in [0.2, 0.25) is 5.91 Å². The van der Waals surface area contributed by atoms with Gasteiger partial charge in [0, 0.05) is 6.04 Å². The fourth-order valence-electron chi connectivity index (χ4n) is 3.43. The van der Waals surface area contributed by atoms with E-state index < -0.39 is 11.9 Å². The molecular formula is C21H20FN3O. The Kier molecular flexibility index (Phi) is 4.41. The van der Waals surface area contributed by atoms with Crippen LogP contribution in [0, 0.1) is 12.7 Å². The maximum Gasteiger partial charge on any atom is 0.243 e. The van der Waals surface area contributed by atoms with Gasteiger partial charge >= 0.3 is 0 Å². The van der Waals surface area contributed by atoms with Gasteiger partial charge in [-0.3, -0.25) is 4.79 Å². The molecule has 0 bridgehead atoms. The lowest BCUT2D eigenvalue weighted by molar-refractivity contribution is -0.117. The van der Waals surface area contributed by atoms with Crippen LogP contribution in [0.3, 0.4) is 0 Å². The molecule has 4 rings (SSSR count). The van der Waals surface area contributed by atoms with E-state index in [1.54, 1.807) is 12.1 Å². The molecule has 0 aliphatic carbocycles. The average Bonchev–Trinajstić information content (AvgIpc) is 3.13. The number of hydrogen-bond acceptors (Lipinski definition) is 3. The molecule has 0 radical (unpaired) electrons. The minimum absolute atomic E-state index is 0.0136. The number of anilines is 1. The van der Waals surface area contributed by atoms with Gasteiger partial charge in [-0.25, -0.2) is 15.2 Å². The van der Waals surface area contributed by atoms with Crippen molar-refractivity contribution in [1.82, 2.24) is 10.9 Å². The molecular weight excluding hydrogens is 329 g/mol. The van der Waals surface area contributed by atoms with Crippen molar-refractivity contribution in [3.63, 3.8) is 0 Å². The second kappa shape index (κ2) is 6.86. The lowest BCUT2D eigenvalue weighted by atomic mass is 9.96. The lowest BCUT2D eigenvalue weighted by Gasteiger charge is -2.13. The standard InChI is InChI=1S/C21H20FN3O/c1-13-9-10-18(17(22)11-13)23-21(26)20-12-19(24-25-20)16-8-4-6-14-5-2-3-7-15(14)16/h2-11,19-20,24-25H,12H2,1H3,(H,23,26). The molecule has 1 fully saturated rings. The van der Waals surface area contributed by atoms with Crippen molar-refractivity contribution in [2.75, 3.05) is 5.32 Å². The van der Waals surface area contributed by atoms with Crippen molar-refractivity contribution >= 4 is 22.4 Å². The summed E-state index contributed by atoms with van der Waals surface area (Å²) >= 11 is 0. The molecule has 2 unspecified atom stereocenters. The van der Waals surface area contributed by atoms with Crippen molar-refractivity contribution in [3.8, 4) is 0 Å². The molecule has 4 nitrogen and oxygen atoms in total. The Bertz CT molecular complexity index is 967. The summed E-state index contributed by atoms with van der Waals surface area (Å²) in [5.74, 6) is -0.669. The van der Waals surface area contributed by atoms with Gasteiger partial charge in [0.15, 0.2) is 0 Å². The Labute approximate surface area is 151 Å². The van der Waals surface area contributed by atoms with E-state index >= 15 is 0 Å². The summed E-state index contributed by atoms with van der Waals surface area (Å²) in [6.45, 7) is 1.81. The van der Waals surface area contributed by atoms with E-state index in [0.717, 1.165) is 11.1 Å². The zero-order valence-electron chi connectivity index (χ0n) is 14.4. The summed E-state index contributed by atoms with van der Waals surface area (Å²) in [7, 11) is 0. The van der Waals surface area contributed by atoms with Gasteiger partial charge in [-0.05, 0) is 47.4 Å². The Morgan fingerprint density at radius 2 is 1.88 bits per heavy atom. The summed E-state index contributed by atoms with van der Waals surface area (Å²) in [6, 6.07) is 18.7. The summed E-state index contributed by atoms with van der Waals surface area (Å²) in [4.78, 5) is 12.5. The zero-order valence-corrected chi connectivity index (χ0v) is 14.4. The van der Waals surface area contributed by atoms with Gasteiger partial charge in [0.1, 0.15) is 11.9 Å². The summed E-state index contributed by atoms with van der Waals surface area (Å²) < 4.78 is 14.0. The highest BCUT2D eigenvalue weighted by Gasteiger charge is 2.31. The number of halogens is 1. The van der Waals surface area contributed by atoms with E-state index in [0.29, 0.717) is 6.42 Å². The maximum absolute atomic E-state index is 14.0. The van der Waals surface area contributed by atoms with Crippen molar-refractivity contribution in [2.24, 2.45) is 0 Å². The molecule has 0 saturated carbocycles. The van der Waals surface area contributed by atoms with E-state index in [1.807, 2.05) is 25.1 Å². The summed E-state index contributed by atoms with van der Waals surface area (Å²) in [6.07, 6.45) is 0.591. The van der Waals surface area contributed by atoms with E-state index in [4.69, 9.17) is 0 Å². The van der Waals surface area contributed by atoms with E-state index in [-0.39, 0.29) is 17.6 Å². The number of aryl methyl sites for hydroxylation is 1. The van der Waals surface area contributed by atoms with Crippen LogP contribution in [0.15, 0.2) is 60.7 Å². The zero-order chi connectivity index (χ0) is 18.1. The van der Waals surface area contributed by atoms with E-state index in [1.165, 1.54) is 16.8 Å². The Morgan fingerprint density at radius 1 is 1.08 bits per heavy atom. The van der Waals surface area contributed by atoms with Crippen molar-refractivity contribution in [2.45, 2.75) is 25.4 Å². The Hall–Kier alpha value is -2.76. The second-order valence-electron chi connectivity index (χ2n) is 6.67. The van der Waals surface area contributed by atoms with Crippen LogP contribution in [0.4, 0.5) is 10.1 Å². The first kappa shape index (κ1) is 16.7. The van der Waals surface area contributed by atoms with Crippen molar-refractivity contribution < 1.29 is 9.18 Å². The molecule has 3 aromatic carbocycles. The topological polar surface area (TPSA) is 53.2 Å². The highest BCUT2D eigenvalue weighted by molar-refractivity contribution is 5.95. The number of benzene rings is 3. The summed E-state index contributed by atoms with van der Waals surface area (Å²) in [5, 5.41) is 5.01. The number of carbonyl (C=O) groups is 1. The molecule has 1 saturated heterocycles. The fraction of sp³-hybridized carbons (Fsp3) is 0.190. The number of fused-ring (bicyclic) bond motifs is 1. The van der Waals surface area contributed by atoms with Gasteiger partial charge in [0.05, 0.1) is 5.69 Å². The fourth-order valence-corrected chi connectivity index (χ4v) is 3.43. The lowest BCUT2D eigenvalue weighted by Crippen LogP contribution is -2.39.